The SMILES string of the molecule is CN1CCN(C(=O)CCc2nc(Cl)n[nH]2)CC12CCNC(=O)CC2. The second kappa shape index (κ2) is 7.06. The van der Waals surface area contributed by atoms with Gasteiger partial charge < -0.3 is 10.2 Å². The highest BCUT2D eigenvalue weighted by Crippen LogP contribution is 2.30. The Morgan fingerprint density at radius 2 is 2.21 bits per heavy atom. The van der Waals surface area contributed by atoms with Crippen LogP contribution in [-0.2, 0) is 16.0 Å². The van der Waals surface area contributed by atoms with Gasteiger partial charge in [-0.05, 0) is 31.5 Å². The van der Waals surface area contributed by atoms with E-state index in [0.29, 0.717) is 38.2 Å². The first-order valence-corrected chi connectivity index (χ1v) is 8.69. The fourth-order valence-electron chi connectivity index (χ4n) is 3.58. The van der Waals surface area contributed by atoms with Crippen molar-refractivity contribution in [3.63, 3.8) is 0 Å². The smallest absolute Gasteiger partial charge is 0.242 e. The predicted molar refractivity (Wildman–Crippen MR) is 88.5 cm³/mol. The number of halogens is 1. The van der Waals surface area contributed by atoms with Crippen LogP contribution in [0.2, 0.25) is 5.28 Å². The van der Waals surface area contributed by atoms with Crippen LogP contribution in [0, 0.1) is 0 Å². The van der Waals surface area contributed by atoms with Gasteiger partial charge in [-0.3, -0.25) is 19.6 Å². The van der Waals surface area contributed by atoms with Crippen LogP contribution in [0.1, 0.15) is 31.5 Å². The Hall–Kier alpha value is -1.67. The lowest BCUT2D eigenvalue weighted by atomic mass is 9.86. The summed E-state index contributed by atoms with van der Waals surface area (Å²) in [6.45, 7) is 2.89. The molecule has 132 valence electrons. The van der Waals surface area contributed by atoms with E-state index in [9.17, 15) is 9.59 Å². The van der Waals surface area contributed by atoms with Crippen molar-refractivity contribution in [1.82, 2.24) is 30.3 Å². The van der Waals surface area contributed by atoms with Crippen LogP contribution in [0.4, 0.5) is 0 Å². The molecule has 9 heteroatoms. The van der Waals surface area contributed by atoms with Gasteiger partial charge in [0.15, 0.2) is 0 Å². The lowest BCUT2D eigenvalue weighted by Crippen LogP contribution is -2.62. The first kappa shape index (κ1) is 17.2. The van der Waals surface area contributed by atoms with Gasteiger partial charge in [0.2, 0.25) is 17.1 Å². The predicted octanol–water partition coefficient (Wildman–Crippen LogP) is 0.204. The van der Waals surface area contributed by atoms with Crippen LogP contribution in [0.5, 0.6) is 0 Å². The molecule has 2 saturated heterocycles. The molecule has 1 aromatic heterocycles. The third kappa shape index (κ3) is 3.70. The summed E-state index contributed by atoms with van der Waals surface area (Å²) < 4.78 is 0. The number of nitrogens with one attached hydrogen (secondary N) is 2. The summed E-state index contributed by atoms with van der Waals surface area (Å²) in [4.78, 5) is 32.5. The van der Waals surface area contributed by atoms with E-state index in [-0.39, 0.29) is 22.6 Å². The standard InChI is InChI=1S/C15H23ClN6O2/c1-21-8-9-22(10-15(21)5-4-12(23)17-7-6-15)13(24)3-2-11-18-14(16)20-19-11/h2-10H2,1H3,(H,17,23)(H,18,19,20). The number of likely N-dealkylation sites (N-methyl/N-ethyl adjacent to an activating group) is 1. The molecule has 2 aliphatic rings. The van der Waals surface area contributed by atoms with Crippen molar-refractivity contribution in [3.05, 3.63) is 11.1 Å². The zero-order valence-electron chi connectivity index (χ0n) is 13.8. The van der Waals surface area contributed by atoms with Gasteiger partial charge in [0.05, 0.1) is 0 Å². The molecule has 0 saturated carbocycles. The molecule has 2 fully saturated rings. The minimum atomic E-state index is -0.109. The highest BCUT2D eigenvalue weighted by molar-refractivity contribution is 6.28. The highest BCUT2D eigenvalue weighted by Gasteiger charge is 2.41. The molecule has 2 aliphatic heterocycles. The summed E-state index contributed by atoms with van der Waals surface area (Å²) in [7, 11) is 2.09. The summed E-state index contributed by atoms with van der Waals surface area (Å²) in [5.74, 6) is 0.839. The number of rotatable bonds is 3. The van der Waals surface area contributed by atoms with E-state index in [2.05, 4.69) is 32.4 Å². The molecule has 24 heavy (non-hydrogen) atoms. The van der Waals surface area contributed by atoms with Crippen molar-refractivity contribution in [3.8, 4) is 0 Å². The average molecular weight is 355 g/mol. The molecule has 2 amide bonds. The van der Waals surface area contributed by atoms with Crippen molar-refractivity contribution in [2.24, 2.45) is 0 Å². The Labute approximate surface area is 145 Å². The minimum absolute atomic E-state index is 0.103. The second-order valence-electron chi connectivity index (χ2n) is 6.61. The maximum Gasteiger partial charge on any atom is 0.242 e. The molecule has 0 radical (unpaired) electrons. The molecular weight excluding hydrogens is 332 g/mol. The topological polar surface area (TPSA) is 94.2 Å². The maximum atomic E-state index is 12.6. The number of aryl methyl sites for hydroxylation is 1. The molecule has 1 aromatic rings. The Bertz CT molecular complexity index is 621. The number of carbonyl (C=O) groups excluding carboxylic acids is 2. The van der Waals surface area contributed by atoms with Crippen LogP contribution in [-0.4, -0.2) is 75.6 Å². The number of hydrogen-bond acceptors (Lipinski definition) is 5. The Balaban J connectivity index is 1.61. The number of piperazine rings is 1. The first-order valence-electron chi connectivity index (χ1n) is 8.31. The number of aromatic amines is 1. The van der Waals surface area contributed by atoms with Gasteiger partial charge in [-0.25, -0.2) is 4.98 Å². The van der Waals surface area contributed by atoms with Crippen molar-refractivity contribution >= 4 is 23.4 Å². The van der Waals surface area contributed by atoms with Crippen molar-refractivity contribution in [2.75, 3.05) is 33.2 Å². The van der Waals surface area contributed by atoms with Gasteiger partial charge in [-0.1, -0.05) is 0 Å². The summed E-state index contributed by atoms with van der Waals surface area (Å²) in [6, 6.07) is 0. The Morgan fingerprint density at radius 3 is 2.96 bits per heavy atom. The van der Waals surface area contributed by atoms with Gasteiger partial charge in [-0.15, -0.1) is 5.10 Å². The largest absolute Gasteiger partial charge is 0.356 e. The lowest BCUT2D eigenvalue weighted by Gasteiger charge is -2.49. The summed E-state index contributed by atoms with van der Waals surface area (Å²) in [6.07, 6.45) is 3.05. The third-order valence-corrected chi connectivity index (χ3v) is 5.33. The molecular formula is C15H23ClN6O2. The number of aromatic nitrogens is 3. The van der Waals surface area contributed by atoms with Crippen molar-refractivity contribution in [2.45, 2.75) is 37.6 Å². The van der Waals surface area contributed by atoms with Gasteiger partial charge >= 0.3 is 0 Å². The molecule has 0 aliphatic carbocycles. The van der Waals surface area contributed by atoms with Crippen LogP contribution >= 0.6 is 11.6 Å². The number of hydrogen-bond donors (Lipinski definition) is 2. The summed E-state index contributed by atoms with van der Waals surface area (Å²) >= 11 is 5.68. The van der Waals surface area contributed by atoms with Gasteiger partial charge in [0.1, 0.15) is 5.82 Å². The van der Waals surface area contributed by atoms with Gasteiger partial charge in [0, 0.05) is 51.0 Å². The van der Waals surface area contributed by atoms with E-state index in [1.54, 1.807) is 0 Å². The second-order valence-corrected chi connectivity index (χ2v) is 6.95. The molecule has 1 unspecified atom stereocenters. The molecule has 3 heterocycles. The lowest BCUT2D eigenvalue weighted by molar-refractivity contribution is -0.136. The number of nitrogens with zero attached hydrogens (tertiary/aromatic N) is 4. The van der Waals surface area contributed by atoms with Crippen LogP contribution in [0.25, 0.3) is 0 Å². The molecule has 1 atom stereocenters. The summed E-state index contributed by atoms with van der Waals surface area (Å²) in [5, 5.41) is 9.59. The molecule has 0 aromatic carbocycles. The minimum Gasteiger partial charge on any atom is -0.356 e. The molecule has 3 rings (SSSR count). The molecule has 0 bridgehead atoms. The monoisotopic (exact) mass is 354 g/mol. The van der Waals surface area contributed by atoms with E-state index in [4.69, 9.17) is 11.6 Å². The summed E-state index contributed by atoms with van der Waals surface area (Å²) in [5.41, 5.74) is -0.109. The zero-order chi connectivity index (χ0) is 17.2. The maximum absolute atomic E-state index is 12.6. The van der Waals surface area contributed by atoms with E-state index in [0.717, 1.165) is 25.9 Å². The number of amides is 2. The fraction of sp³-hybridized carbons (Fsp3) is 0.733. The quantitative estimate of drug-likeness (QED) is 0.809. The fourth-order valence-corrected chi connectivity index (χ4v) is 3.72. The average Bonchev–Trinajstić information content (AvgIpc) is 2.89. The van der Waals surface area contributed by atoms with Crippen molar-refractivity contribution < 1.29 is 9.59 Å². The zero-order valence-corrected chi connectivity index (χ0v) is 14.6. The van der Waals surface area contributed by atoms with Crippen LogP contribution in [0.3, 0.4) is 0 Å². The van der Waals surface area contributed by atoms with Gasteiger partial charge in [0.25, 0.3) is 0 Å². The molecule has 1 spiro atoms. The number of carbonyl (C=O) groups is 2. The van der Waals surface area contributed by atoms with E-state index in [1.165, 1.54) is 0 Å². The van der Waals surface area contributed by atoms with Crippen LogP contribution < -0.4 is 5.32 Å². The number of H-pyrrole nitrogens is 1. The van der Waals surface area contributed by atoms with Gasteiger partial charge in [-0.2, -0.15) is 0 Å². The Kier molecular flexibility index (Phi) is 5.05. The highest BCUT2D eigenvalue weighted by atomic mass is 35.5. The van der Waals surface area contributed by atoms with E-state index >= 15 is 0 Å². The van der Waals surface area contributed by atoms with Crippen LogP contribution in [0.15, 0.2) is 0 Å². The van der Waals surface area contributed by atoms with E-state index < -0.39 is 0 Å². The van der Waals surface area contributed by atoms with E-state index in [1.807, 2.05) is 4.90 Å². The first-order chi connectivity index (χ1) is 11.5. The molecule has 2 N–H and O–H groups in total. The molecule has 8 nitrogen and oxygen atoms in total. The Morgan fingerprint density at radius 1 is 1.38 bits per heavy atom. The van der Waals surface area contributed by atoms with Crippen molar-refractivity contribution in [1.29, 1.82) is 0 Å². The third-order valence-electron chi connectivity index (χ3n) is 5.16. The normalized spacial score (nSPS) is 25.6.